The molecular weight excluding hydrogens is 1440 g/mol. The number of benzene rings is 2. The third kappa shape index (κ3) is 21.6. The number of nitrogens with zero attached hydrogens (tertiary/aromatic N) is 4. The lowest BCUT2D eigenvalue weighted by Crippen LogP contribution is -2.62. The van der Waals surface area contributed by atoms with Gasteiger partial charge in [0.05, 0.1) is 154 Å². The Hall–Kier alpha value is -9.37. The Kier molecular flexibility index (Phi) is 30.6. The molecule has 109 heavy (non-hydrogen) atoms. The maximum atomic E-state index is 15.6. The number of morpholine rings is 1. The van der Waals surface area contributed by atoms with Crippen LogP contribution in [0.2, 0.25) is 0 Å². The minimum Gasteiger partial charge on any atom is -0.458 e. The number of nitrogens with one attached hydrogen (secondary N) is 6. The molecule has 36 heteroatoms. The molecule has 2 aromatic heterocycles. The van der Waals surface area contributed by atoms with E-state index in [4.69, 9.17) is 57.1 Å². The van der Waals surface area contributed by atoms with Crippen molar-refractivity contribution in [3.63, 3.8) is 0 Å². The Balaban J connectivity index is 0.639. The number of hydrogen-bond acceptors (Lipinski definition) is 24. The van der Waals surface area contributed by atoms with Gasteiger partial charge in [0, 0.05) is 85.0 Å². The number of alkyl halides is 2. The monoisotopic (exact) mass is 1530 g/mol. The Morgan fingerprint density at radius 2 is 1.29 bits per heavy atom. The Morgan fingerprint density at radius 3 is 1.87 bits per heavy atom. The van der Waals surface area contributed by atoms with Crippen molar-refractivity contribution < 1.29 is 118 Å². The first-order valence-electron chi connectivity index (χ1n) is 36.0. The van der Waals surface area contributed by atoms with Gasteiger partial charge in [-0.2, -0.15) is 0 Å². The molecule has 9 amide bonds. The number of amides is 9. The second kappa shape index (κ2) is 39.8. The Labute approximate surface area is 625 Å². The highest BCUT2D eigenvalue weighted by molar-refractivity contribution is 6.13. The molecule has 2 aromatic carbocycles. The molecule has 0 radical (unpaired) electrons. The van der Waals surface area contributed by atoms with Crippen LogP contribution in [-0.4, -0.2) is 253 Å². The van der Waals surface area contributed by atoms with Crippen LogP contribution in [-0.2, 0) is 120 Å². The summed E-state index contributed by atoms with van der Waals surface area (Å²) in [5, 5.41) is 27.0. The van der Waals surface area contributed by atoms with Gasteiger partial charge < -0.3 is 98.6 Å². The number of hydrogen-bond donors (Lipinski definition) is 7. The molecule has 1 aliphatic carbocycles. The number of fused-ring (bicyclic) bond motifs is 5. The highest BCUT2D eigenvalue weighted by Crippen LogP contribution is 2.46. The number of aromatic nitrogens is 2. The van der Waals surface area contributed by atoms with Crippen molar-refractivity contribution in [2.75, 3.05) is 150 Å². The lowest BCUT2D eigenvalue weighted by atomic mass is 9.81. The average Bonchev–Trinajstić information content (AvgIpc) is 1.54. The van der Waals surface area contributed by atoms with Crippen molar-refractivity contribution in [3.8, 4) is 11.4 Å². The van der Waals surface area contributed by atoms with E-state index in [1.807, 2.05) is 5.32 Å². The van der Waals surface area contributed by atoms with E-state index in [1.165, 1.54) is 71.9 Å². The van der Waals surface area contributed by atoms with Crippen LogP contribution in [0.25, 0.3) is 22.3 Å². The molecule has 9 rings (SSSR count). The summed E-state index contributed by atoms with van der Waals surface area (Å²) >= 11 is 0. The predicted molar refractivity (Wildman–Crippen MR) is 378 cm³/mol. The van der Waals surface area contributed by atoms with E-state index >= 15 is 13.2 Å². The van der Waals surface area contributed by atoms with Crippen LogP contribution < -0.4 is 37.5 Å². The molecule has 0 bridgehead atoms. The minimum absolute atomic E-state index is 0.0136. The van der Waals surface area contributed by atoms with Crippen LogP contribution in [0.5, 0.6) is 0 Å². The fraction of sp³-hybridized carbons (Fsp3) is 0.562. The first-order valence-corrected chi connectivity index (χ1v) is 36.0. The number of aryl methyl sites for hydroxylation is 1. The second-order valence-electron chi connectivity index (χ2n) is 26.3. The van der Waals surface area contributed by atoms with Crippen LogP contribution in [0.3, 0.4) is 0 Å². The van der Waals surface area contributed by atoms with Crippen molar-refractivity contribution in [1.82, 2.24) is 45.9 Å². The van der Waals surface area contributed by atoms with Gasteiger partial charge in [-0.15, -0.1) is 0 Å². The fourth-order valence-corrected chi connectivity index (χ4v) is 12.6. The number of carbonyl (C=O) groups is 10. The SMILES string of the molecule is CC[C@@]1(O)C(=O)OCc2c1cc1n(c2=O)Cc2c-1nc1cc(F)c(C)c3c1c2[C@@H](NC(=O)C(C)(NC(=O)OC(C(=O)N1CCOCC1)c1ccc(NC(=O)[C@H](C)NC(=O)[C@H](C)NC(=O)CCOCCOCCOCCOCCOCCOCCOCCOCCNC(=O)CCN2C(=O)C=CC2=O)cc1)C(F)F)CC3. The van der Waals surface area contributed by atoms with Crippen molar-refractivity contribution in [2.24, 2.45) is 0 Å². The van der Waals surface area contributed by atoms with E-state index in [0.717, 1.165) is 11.8 Å². The molecule has 6 atom stereocenters. The number of pyridine rings is 2. The third-order valence-corrected chi connectivity index (χ3v) is 18.8. The summed E-state index contributed by atoms with van der Waals surface area (Å²) in [7, 11) is 0. The first-order chi connectivity index (χ1) is 52.3. The number of imide groups is 1. The second-order valence-corrected chi connectivity index (χ2v) is 26.3. The molecular formula is C73H93F3N10O23. The first kappa shape index (κ1) is 83.7. The highest BCUT2D eigenvalue weighted by atomic mass is 19.3. The molecule has 7 N–H and O–H groups in total. The highest BCUT2D eigenvalue weighted by Gasteiger charge is 2.49. The number of carbonyl (C=O) groups excluding carboxylic acids is 10. The number of aliphatic hydroxyl groups is 1. The standard InChI is InChI=1S/C73H93F3N10O23/c1-6-73(98)51-39-55-62-49(41-86(55)66(93)50(51)42-108-70(73)96)61-53(12-11-48-43(2)52(74)40-54(81-62)60(48)61)82-69(95)72(5,68(75)76)83-71(97)109-63(67(94)84-19-23-101-24-20-84)46-7-9-47(10-8-46)80-65(92)45(4)79-64(91)44(3)78-57(88)16-21-99-25-27-102-29-31-104-33-35-106-37-38-107-36-34-105-32-30-103-28-26-100-22-17-77-56(87)15-18-85-58(89)13-14-59(85)90/h7-10,13-14,39-40,44-45,53,63,68,98H,6,11-12,15-38,41-42H2,1-5H3,(H,77,87)(H,78,88)(H,79,91)(H,80,92)(H,82,95)(H,83,97)/t44-,45-,53-,63?,72?,73-/m0/s1. The van der Waals surface area contributed by atoms with E-state index < -0.39 is 113 Å². The van der Waals surface area contributed by atoms with Gasteiger partial charge in [-0.1, -0.05) is 19.1 Å². The molecule has 0 saturated carbocycles. The zero-order valence-corrected chi connectivity index (χ0v) is 61.4. The number of esters is 1. The molecule has 2 unspecified atom stereocenters. The number of anilines is 1. The molecule has 5 aliphatic rings. The molecule has 1 fully saturated rings. The van der Waals surface area contributed by atoms with E-state index in [-0.39, 0.29) is 155 Å². The summed E-state index contributed by atoms with van der Waals surface area (Å²) in [5.74, 6) is -6.65. The van der Waals surface area contributed by atoms with E-state index in [9.17, 15) is 57.8 Å². The third-order valence-electron chi connectivity index (χ3n) is 18.8. The van der Waals surface area contributed by atoms with E-state index in [1.54, 1.807) is 13.8 Å². The number of rotatable bonds is 43. The van der Waals surface area contributed by atoms with Gasteiger partial charge >= 0.3 is 12.1 Å². The van der Waals surface area contributed by atoms with Crippen LogP contribution in [0, 0.1) is 12.7 Å². The zero-order chi connectivity index (χ0) is 78.4. The Morgan fingerprint density at radius 1 is 0.725 bits per heavy atom. The van der Waals surface area contributed by atoms with Gasteiger partial charge in [-0.25, -0.2) is 27.7 Å². The van der Waals surface area contributed by atoms with Crippen molar-refractivity contribution >= 4 is 75.9 Å². The fourth-order valence-electron chi connectivity index (χ4n) is 12.6. The largest absolute Gasteiger partial charge is 0.458 e. The van der Waals surface area contributed by atoms with E-state index in [2.05, 4.69) is 26.6 Å². The molecule has 4 aliphatic heterocycles. The average molecular weight is 1540 g/mol. The smallest absolute Gasteiger partial charge is 0.409 e. The van der Waals surface area contributed by atoms with Gasteiger partial charge in [-0.3, -0.25) is 48.1 Å². The van der Waals surface area contributed by atoms with Crippen molar-refractivity contribution in [1.29, 1.82) is 0 Å². The van der Waals surface area contributed by atoms with Gasteiger partial charge in [0.2, 0.25) is 29.7 Å². The van der Waals surface area contributed by atoms with Gasteiger partial charge in [0.1, 0.15) is 24.5 Å². The summed E-state index contributed by atoms with van der Waals surface area (Å²) < 4.78 is 108. The molecule has 6 heterocycles. The predicted octanol–water partition coefficient (Wildman–Crippen LogP) is 1.88. The molecule has 0 spiro atoms. The number of cyclic esters (lactones) is 1. The number of halogens is 3. The van der Waals surface area contributed by atoms with Crippen molar-refractivity contribution in [2.45, 2.75) is 122 Å². The minimum atomic E-state index is -3.59. The van der Waals surface area contributed by atoms with Crippen LogP contribution >= 0.6 is 0 Å². The molecule has 594 valence electrons. The maximum absolute atomic E-state index is 15.6. The number of ether oxygens (including phenoxy) is 11. The summed E-state index contributed by atoms with van der Waals surface area (Å²) in [6.45, 7) is 11.9. The molecule has 1 saturated heterocycles. The normalized spacial score (nSPS) is 17.7. The Bertz CT molecular complexity index is 4030. The van der Waals surface area contributed by atoms with Crippen molar-refractivity contribution in [3.05, 3.63) is 104 Å². The molecule has 33 nitrogen and oxygen atoms in total. The van der Waals surface area contributed by atoms with E-state index in [0.29, 0.717) is 101 Å². The summed E-state index contributed by atoms with van der Waals surface area (Å²) in [5.41, 5.74) is -3.48. The number of alkyl carbamates (subject to hydrolysis) is 1. The van der Waals surface area contributed by atoms with Crippen LogP contribution in [0.1, 0.15) is 104 Å². The van der Waals surface area contributed by atoms with Gasteiger partial charge in [-0.05, 0) is 81.8 Å². The summed E-state index contributed by atoms with van der Waals surface area (Å²) in [6, 6.07) is 4.80. The quantitative estimate of drug-likeness (QED) is 0.0166. The lowest BCUT2D eigenvalue weighted by molar-refractivity contribution is -0.172. The lowest BCUT2D eigenvalue weighted by Gasteiger charge is -2.34. The van der Waals surface area contributed by atoms with Gasteiger partial charge in [0.25, 0.3) is 35.6 Å². The summed E-state index contributed by atoms with van der Waals surface area (Å²) in [4.78, 5) is 151. The van der Waals surface area contributed by atoms with Gasteiger partial charge in [0.15, 0.2) is 11.1 Å². The maximum Gasteiger partial charge on any atom is 0.409 e. The zero-order valence-electron chi connectivity index (χ0n) is 61.4. The van der Waals surface area contributed by atoms with Crippen LogP contribution in [0.15, 0.2) is 53.3 Å². The molecule has 4 aromatic rings. The topological polar surface area (TPSA) is 406 Å². The van der Waals surface area contributed by atoms with Crippen LogP contribution in [0.4, 0.5) is 23.7 Å². The summed E-state index contributed by atoms with van der Waals surface area (Å²) in [6.07, 6.45) is -4.62.